The first-order valence-electron chi connectivity index (χ1n) is 3.61. The highest BCUT2D eigenvalue weighted by molar-refractivity contribution is 5.08. The van der Waals surface area contributed by atoms with E-state index in [-0.39, 0.29) is 6.61 Å². The quantitative estimate of drug-likeness (QED) is 0.692. The molecule has 1 rings (SSSR count). The third-order valence-electron chi connectivity index (χ3n) is 1.55. The summed E-state index contributed by atoms with van der Waals surface area (Å²) in [5.41, 5.74) is 0.945. The Morgan fingerprint density at radius 3 is 3.00 bits per heavy atom. The van der Waals surface area contributed by atoms with Crippen molar-refractivity contribution >= 4 is 0 Å². The van der Waals surface area contributed by atoms with Gasteiger partial charge in [0.1, 0.15) is 0 Å². The number of methoxy groups -OCH3 is 1. The van der Waals surface area contributed by atoms with Gasteiger partial charge in [0.15, 0.2) is 0 Å². The molecule has 0 amide bonds. The molecule has 0 aliphatic rings. The van der Waals surface area contributed by atoms with Crippen LogP contribution in [0.2, 0.25) is 0 Å². The second-order valence-corrected chi connectivity index (χ2v) is 2.41. The Balaban J connectivity index is 2.44. The maximum Gasteiger partial charge on any atom is 0.0696 e. The van der Waals surface area contributed by atoms with Crippen LogP contribution in [0.25, 0.3) is 0 Å². The number of aliphatic hydroxyl groups is 1. The summed E-state index contributed by atoms with van der Waals surface area (Å²) in [6, 6.07) is 1.90. The van der Waals surface area contributed by atoms with E-state index in [0.717, 1.165) is 12.1 Å². The van der Waals surface area contributed by atoms with E-state index in [0.29, 0.717) is 6.61 Å². The van der Waals surface area contributed by atoms with Crippen LogP contribution in [0.15, 0.2) is 18.5 Å². The Hall–Kier alpha value is -0.800. The van der Waals surface area contributed by atoms with Gasteiger partial charge in [-0.05, 0) is 11.6 Å². The highest BCUT2D eigenvalue weighted by Gasteiger charge is 1.93. The number of aromatic nitrogens is 1. The summed E-state index contributed by atoms with van der Waals surface area (Å²) < 4.78 is 6.90. The van der Waals surface area contributed by atoms with Crippen molar-refractivity contribution in [2.45, 2.75) is 13.2 Å². The minimum atomic E-state index is 0.111. The lowest BCUT2D eigenvalue weighted by atomic mass is 10.4. The normalized spacial score (nSPS) is 10.4. The summed E-state index contributed by atoms with van der Waals surface area (Å²) in [5.74, 6) is 0. The molecule has 0 fully saturated rings. The molecule has 0 saturated heterocycles. The van der Waals surface area contributed by atoms with Crippen molar-refractivity contribution in [2.75, 3.05) is 13.7 Å². The Labute approximate surface area is 66.2 Å². The Bertz CT molecular complexity index is 208. The van der Waals surface area contributed by atoms with Crippen LogP contribution < -0.4 is 0 Å². The third-order valence-corrected chi connectivity index (χ3v) is 1.55. The lowest BCUT2D eigenvalue weighted by Crippen LogP contribution is -2.00. The van der Waals surface area contributed by atoms with Crippen LogP contribution >= 0.6 is 0 Å². The van der Waals surface area contributed by atoms with Crippen molar-refractivity contribution in [3.63, 3.8) is 0 Å². The van der Waals surface area contributed by atoms with Gasteiger partial charge in [-0.3, -0.25) is 0 Å². The maximum absolute atomic E-state index is 8.73. The third kappa shape index (κ3) is 2.37. The number of hydrogen-bond donors (Lipinski definition) is 1. The Morgan fingerprint density at radius 1 is 1.64 bits per heavy atom. The van der Waals surface area contributed by atoms with E-state index in [1.807, 2.05) is 23.0 Å². The van der Waals surface area contributed by atoms with Gasteiger partial charge in [-0.2, -0.15) is 0 Å². The molecule has 3 nitrogen and oxygen atoms in total. The van der Waals surface area contributed by atoms with E-state index in [1.54, 1.807) is 7.11 Å². The van der Waals surface area contributed by atoms with Crippen LogP contribution in [0.4, 0.5) is 0 Å². The molecule has 0 aliphatic heterocycles. The number of ether oxygens (including phenoxy) is 1. The summed E-state index contributed by atoms with van der Waals surface area (Å²) in [6.07, 6.45) is 3.85. The first-order valence-corrected chi connectivity index (χ1v) is 3.61. The zero-order valence-electron chi connectivity index (χ0n) is 6.66. The first-order chi connectivity index (χ1) is 5.36. The number of nitrogens with zero attached hydrogens (tertiary/aromatic N) is 1. The van der Waals surface area contributed by atoms with E-state index < -0.39 is 0 Å². The van der Waals surface area contributed by atoms with E-state index in [1.165, 1.54) is 0 Å². The van der Waals surface area contributed by atoms with Crippen molar-refractivity contribution in [1.29, 1.82) is 0 Å². The van der Waals surface area contributed by atoms with Crippen LogP contribution in [0.1, 0.15) is 5.56 Å². The molecule has 0 bridgehead atoms. The molecule has 1 aromatic heterocycles. The van der Waals surface area contributed by atoms with E-state index in [9.17, 15) is 0 Å². The monoisotopic (exact) mass is 155 g/mol. The molecule has 0 aliphatic carbocycles. The van der Waals surface area contributed by atoms with E-state index in [4.69, 9.17) is 9.84 Å². The summed E-state index contributed by atoms with van der Waals surface area (Å²) in [6.45, 7) is 1.66. The molecule has 1 heterocycles. The number of hydrogen-bond acceptors (Lipinski definition) is 2. The van der Waals surface area contributed by atoms with Gasteiger partial charge < -0.3 is 14.4 Å². The zero-order chi connectivity index (χ0) is 8.10. The fourth-order valence-electron chi connectivity index (χ4n) is 0.920. The maximum atomic E-state index is 8.73. The molecule has 1 N–H and O–H groups in total. The number of rotatable bonds is 4. The predicted octanol–water partition coefficient (Wildman–Crippen LogP) is 0.627. The van der Waals surface area contributed by atoms with Crippen LogP contribution in [0.5, 0.6) is 0 Å². The number of aliphatic hydroxyl groups excluding tert-OH is 1. The molecule has 0 radical (unpaired) electrons. The fourth-order valence-corrected chi connectivity index (χ4v) is 0.920. The van der Waals surface area contributed by atoms with Gasteiger partial charge in [0.25, 0.3) is 0 Å². The van der Waals surface area contributed by atoms with Gasteiger partial charge in [-0.1, -0.05) is 0 Å². The van der Waals surface area contributed by atoms with Gasteiger partial charge >= 0.3 is 0 Å². The molecule has 0 saturated carbocycles. The molecule has 11 heavy (non-hydrogen) atoms. The lowest BCUT2D eigenvalue weighted by Gasteiger charge is -1.99. The molecule has 0 unspecified atom stereocenters. The topological polar surface area (TPSA) is 34.4 Å². The lowest BCUT2D eigenvalue weighted by molar-refractivity contribution is 0.187. The summed E-state index contributed by atoms with van der Waals surface area (Å²) in [7, 11) is 1.68. The first kappa shape index (κ1) is 8.30. The van der Waals surface area contributed by atoms with Crippen molar-refractivity contribution < 1.29 is 9.84 Å². The van der Waals surface area contributed by atoms with Gasteiger partial charge in [-0.25, -0.2) is 0 Å². The van der Waals surface area contributed by atoms with E-state index in [2.05, 4.69) is 0 Å². The fraction of sp³-hybridized carbons (Fsp3) is 0.500. The van der Waals surface area contributed by atoms with Gasteiger partial charge in [0.2, 0.25) is 0 Å². The summed E-state index contributed by atoms with van der Waals surface area (Å²) in [5, 5.41) is 8.73. The summed E-state index contributed by atoms with van der Waals surface area (Å²) >= 11 is 0. The van der Waals surface area contributed by atoms with Crippen LogP contribution in [-0.4, -0.2) is 23.4 Å². The Morgan fingerprint density at radius 2 is 2.45 bits per heavy atom. The minimum Gasteiger partial charge on any atom is -0.392 e. The van der Waals surface area contributed by atoms with E-state index >= 15 is 0 Å². The molecule has 0 aromatic carbocycles. The average Bonchev–Trinajstić information content (AvgIpc) is 2.48. The second kappa shape index (κ2) is 4.16. The van der Waals surface area contributed by atoms with Crippen molar-refractivity contribution in [2.24, 2.45) is 0 Å². The molecule has 62 valence electrons. The standard InChI is InChI=1S/C8H13NO2/c1-11-5-4-9-3-2-8(6-9)7-10/h2-3,6,10H,4-5,7H2,1H3. The van der Waals surface area contributed by atoms with Crippen LogP contribution in [0, 0.1) is 0 Å². The molecular weight excluding hydrogens is 142 g/mol. The molecule has 0 atom stereocenters. The van der Waals surface area contributed by atoms with Gasteiger partial charge in [0.05, 0.1) is 13.2 Å². The molecule has 3 heteroatoms. The minimum absolute atomic E-state index is 0.111. The van der Waals surface area contributed by atoms with Crippen molar-refractivity contribution in [3.8, 4) is 0 Å². The van der Waals surface area contributed by atoms with Crippen molar-refractivity contribution in [3.05, 3.63) is 24.0 Å². The molecule has 1 aromatic rings. The highest BCUT2D eigenvalue weighted by Crippen LogP contribution is 1.99. The molecule has 0 spiro atoms. The summed E-state index contributed by atoms with van der Waals surface area (Å²) in [4.78, 5) is 0. The second-order valence-electron chi connectivity index (χ2n) is 2.41. The highest BCUT2D eigenvalue weighted by atomic mass is 16.5. The molecular formula is C8H13NO2. The van der Waals surface area contributed by atoms with Crippen LogP contribution in [-0.2, 0) is 17.9 Å². The van der Waals surface area contributed by atoms with Crippen molar-refractivity contribution in [1.82, 2.24) is 4.57 Å². The average molecular weight is 155 g/mol. The largest absolute Gasteiger partial charge is 0.392 e. The predicted molar refractivity (Wildman–Crippen MR) is 42.2 cm³/mol. The SMILES string of the molecule is COCCn1ccc(CO)c1. The van der Waals surface area contributed by atoms with Crippen LogP contribution in [0.3, 0.4) is 0 Å². The van der Waals surface area contributed by atoms with Gasteiger partial charge in [0, 0.05) is 26.0 Å². The Kier molecular flexibility index (Phi) is 3.14. The zero-order valence-corrected chi connectivity index (χ0v) is 6.66. The van der Waals surface area contributed by atoms with Gasteiger partial charge in [-0.15, -0.1) is 0 Å². The smallest absolute Gasteiger partial charge is 0.0696 e.